The topological polar surface area (TPSA) is 431 Å². The van der Waals surface area contributed by atoms with Crippen molar-refractivity contribution in [2.75, 3.05) is 135 Å². The lowest BCUT2D eigenvalue weighted by molar-refractivity contribution is -0.156. The van der Waals surface area contributed by atoms with E-state index in [0.29, 0.717) is 141 Å². The van der Waals surface area contributed by atoms with Gasteiger partial charge in [0, 0.05) is 97.6 Å². The van der Waals surface area contributed by atoms with Gasteiger partial charge in [-0.2, -0.15) is 8.42 Å². The third-order valence-corrected chi connectivity index (χ3v) is 23.4. The molecule has 0 saturated carbocycles. The van der Waals surface area contributed by atoms with Crippen LogP contribution < -0.4 is 35.7 Å². The molecular formula is C104H125Br5Cl5N5O26S. The molecule has 0 heterocycles. The number of nitrogens with one attached hydrogen (secondary N) is 1. The van der Waals surface area contributed by atoms with Crippen LogP contribution in [0.1, 0.15) is 159 Å². The van der Waals surface area contributed by atoms with Crippen LogP contribution in [-0.2, 0) is 76.6 Å². The fourth-order valence-electron chi connectivity index (χ4n) is 12.2. The van der Waals surface area contributed by atoms with Gasteiger partial charge < -0.3 is 108 Å². The number of aliphatic imine (C=N–C) groups is 2. The Labute approximate surface area is 920 Å². The molecule has 6 atom stereocenters. The standard InChI is InChI=1S/C25H33BrClNO6.C24H29BrClNO5.C19H21BrClNO4.C11H13BrClNO3.C11H12BrClO4.C8H11NO.C6H6O3S/c1-25(2,3)34-23(30)14-21(28-22(15-29)17-8-6-5-7-9-17)19-12-18(26)13-20(27)24(19)33-16-32-11-10-31-4;1-24(2,3)32-22(28)14-21(27-15-17-8-6-5-7-9-17)19-12-18(25)13-20(26)23(19)31-16-30-11-10-29-4;1-24-7-8-25-13-26-19-15(9-16(20)10-17(19)21)11-22-18(12-23)14-5-3-2-4-6-14;1-2-17-10(15)5-9(14)7-3-6(12)4-8(13)11(7)16;1-15-2-3-16-7-17-11-8(6-14)4-9(12)5-10(11)13;9-8(6-10)7-4-2-1-3-5-7;7-10(8,9)6-4-2-1-3-5-6/h5-9,12-13,21-22,28-29H,10-11,14-16H2,1-4H3;5-9,12-13,15,21H,10-11,14,16H2,1-4H3;2-6,9-11,18,23H,7-8,12-13H2,1H3;3-4,9,16H,2,5,14H2,1H3;4-6H,2-3,7H2,1H3;1-5,8,10H,6,9H2;1-5H,(H,7,8,9)/t21-,22+;21-;18-;9-;;8-;/m0010.1./s1. The Balaban J connectivity index is 0.000000369. The minimum absolute atomic E-state index is 0.00398. The Morgan fingerprint density at radius 3 is 1.20 bits per heavy atom. The first-order chi connectivity index (χ1) is 69.6. The number of phenols is 1. The van der Waals surface area contributed by atoms with Crippen molar-refractivity contribution in [3.8, 4) is 28.7 Å². The number of aromatic hydroxyl groups is 1. The molecule has 0 radical (unpaired) electrons. The first-order valence-electron chi connectivity index (χ1n) is 44.9. The van der Waals surface area contributed by atoms with Crippen LogP contribution in [0, 0.1) is 0 Å². The second-order valence-corrected chi connectivity index (χ2v) is 40.5. The van der Waals surface area contributed by atoms with Crippen molar-refractivity contribution < 1.29 is 124 Å². The van der Waals surface area contributed by atoms with Gasteiger partial charge in [-0.15, -0.1) is 0 Å². The predicted molar refractivity (Wildman–Crippen MR) is 585 cm³/mol. The van der Waals surface area contributed by atoms with Gasteiger partial charge in [0.25, 0.3) is 10.1 Å². The lowest BCUT2D eigenvalue weighted by Gasteiger charge is -2.28. The van der Waals surface area contributed by atoms with Crippen molar-refractivity contribution in [3.05, 3.63) is 310 Å². The Morgan fingerprint density at radius 1 is 0.418 bits per heavy atom. The number of hydrogen-bond donors (Lipinski definition) is 8. The maximum Gasteiger partial charge on any atom is 0.308 e. The third kappa shape index (κ3) is 52.5. The summed E-state index contributed by atoms with van der Waals surface area (Å²) in [6, 6.07) is 60.0. The summed E-state index contributed by atoms with van der Waals surface area (Å²) in [5, 5.41) is 43.3. The van der Waals surface area contributed by atoms with E-state index in [1.54, 1.807) is 108 Å². The molecule has 0 unspecified atom stereocenters. The highest BCUT2D eigenvalue weighted by Gasteiger charge is 2.31. The number of phenolic OH excluding ortho intramolecular Hbond substituents is 1. The van der Waals surface area contributed by atoms with E-state index in [2.05, 4.69) is 95.0 Å². The van der Waals surface area contributed by atoms with Gasteiger partial charge in [-0.05, 0) is 144 Å². The Bertz CT molecular complexity index is 5670. The van der Waals surface area contributed by atoms with E-state index in [1.165, 1.54) is 12.1 Å². The van der Waals surface area contributed by atoms with Crippen LogP contribution in [0.25, 0.3) is 0 Å². The maximum atomic E-state index is 12.8. The van der Waals surface area contributed by atoms with Crippen LogP contribution >= 0.6 is 138 Å². The highest BCUT2D eigenvalue weighted by atomic mass is 79.9. The average molecular weight is 2470 g/mol. The number of carbonyl (C=O) groups is 4. The third-order valence-electron chi connectivity index (χ3n) is 18.8. The molecule has 0 aliphatic heterocycles. The van der Waals surface area contributed by atoms with Gasteiger partial charge in [0.15, 0.2) is 39.2 Å². The van der Waals surface area contributed by atoms with Gasteiger partial charge in [0.05, 0.1) is 158 Å². The maximum absolute atomic E-state index is 12.8. The predicted octanol–water partition coefficient (Wildman–Crippen LogP) is 22.7. The van der Waals surface area contributed by atoms with Crippen LogP contribution in [0.5, 0.6) is 28.7 Å². The molecule has 146 heavy (non-hydrogen) atoms. The van der Waals surface area contributed by atoms with Crippen molar-refractivity contribution in [3.63, 3.8) is 0 Å². The fourth-order valence-corrected chi connectivity index (χ4v) is 17.1. The molecule has 10 aromatic rings. The number of esters is 3. The lowest BCUT2D eigenvalue weighted by Crippen LogP contribution is -2.33. The van der Waals surface area contributed by atoms with Crippen LogP contribution in [0.4, 0.5) is 0 Å². The summed E-state index contributed by atoms with van der Waals surface area (Å²) >= 11 is 47.9. The molecule has 0 saturated heterocycles. The molecule has 0 aliphatic carbocycles. The molecule has 0 aromatic heterocycles. The van der Waals surface area contributed by atoms with Crippen molar-refractivity contribution in [2.45, 2.75) is 120 Å². The molecule has 798 valence electrons. The number of nitrogens with two attached hydrogens (primary N) is 2. The Hall–Kier alpha value is -8.18. The summed E-state index contributed by atoms with van der Waals surface area (Å²) in [5.74, 6) is 0.309. The lowest BCUT2D eigenvalue weighted by atomic mass is 9.99. The second kappa shape index (κ2) is 72.3. The van der Waals surface area contributed by atoms with Crippen molar-refractivity contribution in [1.29, 1.82) is 0 Å². The number of aldehydes is 1. The summed E-state index contributed by atoms with van der Waals surface area (Å²) in [7, 11) is 2.37. The van der Waals surface area contributed by atoms with E-state index < -0.39 is 57.4 Å². The minimum Gasteiger partial charge on any atom is -0.506 e. The molecule has 42 heteroatoms. The average Bonchev–Trinajstić information content (AvgIpc) is 0.837. The van der Waals surface area contributed by atoms with Crippen LogP contribution in [0.3, 0.4) is 0 Å². The van der Waals surface area contributed by atoms with Gasteiger partial charge in [-0.3, -0.25) is 33.7 Å². The number of aliphatic hydroxyl groups is 3. The van der Waals surface area contributed by atoms with Crippen LogP contribution in [-0.4, -0.2) is 216 Å². The Kier molecular flexibility index (Phi) is 64.4. The summed E-state index contributed by atoms with van der Waals surface area (Å²) < 4.78 is 112. The molecular weight excluding hydrogens is 2340 g/mol. The van der Waals surface area contributed by atoms with E-state index in [4.69, 9.17) is 150 Å². The summed E-state index contributed by atoms with van der Waals surface area (Å²) in [6.07, 6.45) is 4.07. The van der Waals surface area contributed by atoms with Gasteiger partial charge in [0.2, 0.25) is 0 Å². The zero-order valence-electron chi connectivity index (χ0n) is 82.4. The number of nitrogens with zero attached hydrogens (tertiary/aromatic N) is 2. The van der Waals surface area contributed by atoms with Crippen molar-refractivity contribution in [2.24, 2.45) is 21.5 Å². The van der Waals surface area contributed by atoms with Gasteiger partial charge in [0.1, 0.15) is 34.2 Å². The second-order valence-electron chi connectivity index (χ2n) is 32.5. The molecule has 10 N–H and O–H groups in total. The van der Waals surface area contributed by atoms with Gasteiger partial charge in [-0.1, -0.05) is 277 Å². The van der Waals surface area contributed by atoms with Crippen LogP contribution in [0.15, 0.2) is 250 Å². The highest BCUT2D eigenvalue weighted by molar-refractivity contribution is 9.11. The first-order valence-corrected chi connectivity index (χ1v) is 52.2. The van der Waals surface area contributed by atoms with E-state index >= 15 is 0 Å². The summed E-state index contributed by atoms with van der Waals surface area (Å²) in [6.45, 7) is 16.1. The largest absolute Gasteiger partial charge is 0.506 e. The molecule has 31 nitrogen and oxygen atoms in total. The molecule has 10 aromatic carbocycles. The van der Waals surface area contributed by atoms with Gasteiger partial charge in [-0.25, -0.2) is 0 Å². The zero-order valence-corrected chi connectivity index (χ0v) is 94.9. The zero-order chi connectivity index (χ0) is 108. The van der Waals surface area contributed by atoms with Gasteiger partial charge >= 0.3 is 17.9 Å². The highest BCUT2D eigenvalue weighted by Crippen LogP contribution is 2.43. The molecule has 0 aliphatic rings. The number of carbonyl (C=O) groups excluding carboxylic acids is 4. The smallest absolute Gasteiger partial charge is 0.308 e. The normalized spacial score (nSPS) is 12.4. The monoisotopic (exact) mass is 2460 g/mol. The number of methoxy groups -OCH3 is 4. The molecule has 10 rings (SSSR count). The van der Waals surface area contributed by atoms with E-state index in [1.807, 2.05) is 181 Å². The quantitative estimate of drug-likeness (QED) is 0.00334. The Morgan fingerprint density at radius 2 is 0.788 bits per heavy atom. The molecule has 0 bridgehead atoms. The number of ether oxygens (including phenoxy) is 15. The van der Waals surface area contributed by atoms with E-state index in [9.17, 15) is 42.9 Å². The molecule has 0 amide bonds. The van der Waals surface area contributed by atoms with E-state index in [-0.39, 0.29) is 100.0 Å². The SMILES string of the molecule is CCOC(=O)C[C@H](N)c1cc(Br)cc(Cl)c1O.COCCOCOc1c(Cl)cc(Br)cc1C=N[C@H](CO)c1ccccc1.COCCOCOc1c(Cl)cc(Br)cc1C=O.COCCOCOc1c(Cl)cc(Br)cc1[C@H](CC(=O)OC(C)(C)C)N=Cc1ccccc1.COCCOCOc1c(Cl)cc(Br)cc1[C@H](CC(=O)OC(C)(C)C)N[C@H](CO)c1ccccc1.N[C@H](CO)c1ccccc1.O=S(=O)(O)c1ccccc1. The number of halogens is 10. The number of aliphatic hydroxyl groups excluding tert-OH is 3. The number of benzene rings is 10. The first kappa shape index (κ1) is 130. The fraction of sp³-hybridized carbons (Fsp3) is 0.365. The molecule has 0 spiro atoms. The molecule has 0 fully saturated rings. The summed E-state index contributed by atoms with van der Waals surface area (Å²) in [4.78, 5) is 56.7. The minimum atomic E-state index is -4.00. The number of rotatable bonds is 48. The number of hydrogen-bond acceptors (Lipinski definition) is 30. The van der Waals surface area contributed by atoms with E-state index in [0.717, 1.165) is 40.1 Å². The summed E-state index contributed by atoms with van der Waals surface area (Å²) in [5.41, 5.74) is 16.6. The van der Waals surface area contributed by atoms with Crippen LogP contribution in [0.2, 0.25) is 25.1 Å². The van der Waals surface area contributed by atoms with Crippen molar-refractivity contribution >= 4 is 184 Å². The van der Waals surface area contributed by atoms with Crippen molar-refractivity contribution in [1.82, 2.24) is 5.32 Å².